The van der Waals surface area contributed by atoms with Crippen LogP contribution < -0.4 is 0 Å². The molecule has 0 aliphatic carbocycles. The van der Waals surface area contributed by atoms with E-state index in [0.29, 0.717) is 0 Å². The normalized spacial score (nSPS) is 11.3. The van der Waals surface area contributed by atoms with Crippen LogP contribution in [0.25, 0.3) is 0 Å². The minimum atomic E-state index is 0. The third kappa shape index (κ3) is 4.29. The van der Waals surface area contributed by atoms with E-state index in [1.807, 2.05) is 13.8 Å². The van der Waals surface area contributed by atoms with Crippen molar-refractivity contribution in [3.8, 4) is 0 Å². The molecule has 0 aromatic carbocycles. The second-order valence-electron chi connectivity index (χ2n) is 2.81. The predicted molar refractivity (Wildman–Crippen MR) is 48.0 cm³/mol. The Morgan fingerprint density at radius 3 is 1.00 bits per heavy atom. The van der Waals surface area contributed by atoms with Gasteiger partial charge in [0.2, 0.25) is 0 Å². The van der Waals surface area contributed by atoms with Crippen LogP contribution in [0.1, 0.15) is 27.7 Å². The fourth-order valence-electron chi connectivity index (χ4n) is 0.640. The summed E-state index contributed by atoms with van der Waals surface area (Å²) in [5.41, 5.74) is 4.76. The van der Waals surface area contributed by atoms with Gasteiger partial charge in [0.15, 0.2) is 0 Å². The summed E-state index contributed by atoms with van der Waals surface area (Å²) >= 11 is 0. The summed E-state index contributed by atoms with van der Waals surface area (Å²) < 4.78 is 0. The van der Waals surface area contributed by atoms with Crippen LogP contribution in [0.2, 0.25) is 0 Å². The van der Waals surface area contributed by atoms with Crippen LogP contribution in [-0.2, 0) is 18.6 Å². The third-order valence-corrected chi connectivity index (χ3v) is 1.84. The van der Waals surface area contributed by atoms with Crippen molar-refractivity contribution in [3.05, 3.63) is 35.5 Å². The molecular weight excluding hydrogens is 171 g/mol. The van der Waals surface area contributed by atoms with E-state index in [1.165, 1.54) is 11.1 Å². The zero-order chi connectivity index (χ0) is 8.31. The van der Waals surface area contributed by atoms with Crippen molar-refractivity contribution in [1.29, 1.82) is 0 Å². The van der Waals surface area contributed by atoms with Crippen LogP contribution in [0.15, 0.2) is 35.5 Å². The molecule has 1 radical (unpaired) electrons. The van der Waals surface area contributed by atoms with Crippen molar-refractivity contribution in [3.63, 3.8) is 0 Å². The van der Waals surface area contributed by atoms with E-state index in [0.717, 1.165) is 11.1 Å². The first-order valence-electron chi connectivity index (χ1n) is 3.46. The molecule has 1 heteroatoms. The third-order valence-electron chi connectivity index (χ3n) is 1.84. The maximum atomic E-state index is 3.86. The van der Waals surface area contributed by atoms with Gasteiger partial charge in [-0.25, -0.2) is 0 Å². The summed E-state index contributed by atoms with van der Waals surface area (Å²) in [6.07, 6.45) is 0. The standard InChI is InChI=1S/C10H16.V/c1-7(2)9(5)10(6)8(3)4;/h1,3H2,2,4-6H3;/b10-9-;. The first-order chi connectivity index (χ1) is 4.46. The zero-order valence-corrected chi connectivity index (χ0v) is 9.26. The fourth-order valence-corrected chi connectivity index (χ4v) is 0.640. The van der Waals surface area contributed by atoms with Crippen molar-refractivity contribution in [2.45, 2.75) is 27.7 Å². The van der Waals surface area contributed by atoms with Crippen molar-refractivity contribution in [2.24, 2.45) is 0 Å². The number of rotatable bonds is 2. The number of hydrogen-bond donors (Lipinski definition) is 0. The summed E-state index contributed by atoms with van der Waals surface area (Å²) in [7, 11) is 0. The Morgan fingerprint density at radius 2 is 0.909 bits per heavy atom. The summed E-state index contributed by atoms with van der Waals surface area (Å²) in [6.45, 7) is 15.9. The molecule has 0 spiro atoms. The van der Waals surface area contributed by atoms with Gasteiger partial charge in [0.05, 0.1) is 0 Å². The molecule has 0 fully saturated rings. The Kier molecular flexibility index (Phi) is 6.64. The van der Waals surface area contributed by atoms with Gasteiger partial charge < -0.3 is 0 Å². The van der Waals surface area contributed by atoms with Crippen molar-refractivity contribution in [2.75, 3.05) is 0 Å². The smallest absolute Gasteiger partial charge is 0 e. The van der Waals surface area contributed by atoms with E-state index in [4.69, 9.17) is 0 Å². The number of allylic oxidation sites excluding steroid dienone is 4. The van der Waals surface area contributed by atoms with Gasteiger partial charge in [0.1, 0.15) is 0 Å². The molecule has 0 rings (SSSR count). The second kappa shape index (κ2) is 5.45. The molecule has 0 heterocycles. The van der Waals surface area contributed by atoms with Gasteiger partial charge in [-0.3, -0.25) is 0 Å². The van der Waals surface area contributed by atoms with Gasteiger partial charge in [-0.2, -0.15) is 0 Å². The molecule has 0 saturated heterocycles. The van der Waals surface area contributed by atoms with Crippen LogP contribution in [0, 0.1) is 0 Å². The van der Waals surface area contributed by atoms with Crippen LogP contribution in [-0.4, -0.2) is 0 Å². The summed E-state index contributed by atoms with van der Waals surface area (Å²) in [5.74, 6) is 0. The summed E-state index contributed by atoms with van der Waals surface area (Å²) in [6, 6.07) is 0. The second-order valence-corrected chi connectivity index (χ2v) is 2.81. The molecule has 61 valence electrons. The molecule has 11 heavy (non-hydrogen) atoms. The fraction of sp³-hybridized carbons (Fsp3) is 0.400. The van der Waals surface area contributed by atoms with Gasteiger partial charge in [0.25, 0.3) is 0 Å². The zero-order valence-electron chi connectivity index (χ0n) is 7.86. The molecule has 0 aromatic rings. The quantitative estimate of drug-likeness (QED) is 0.580. The molecule has 0 bridgehead atoms. The van der Waals surface area contributed by atoms with Crippen LogP contribution in [0.4, 0.5) is 0 Å². The Balaban J connectivity index is 0. The molecule has 0 amide bonds. The first kappa shape index (κ1) is 13.4. The van der Waals surface area contributed by atoms with Crippen LogP contribution in [0.5, 0.6) is 0 Å². The minimum Gasteiger partial charge on any atom is -0.0958 e. The Morgan fingerprint density at radius 1 is 0.727 bits per heavy atom. The van der Waals surface area contributed by atoms with Gasteiger partial charge in [-0.1, -0.05) is 24.3 Å². The van der Waals surface area contributed by atoms with E-state index in [2.05, 4.69) is 27.0 Å². The Bertz CT molecular complexity index is 175. The minimum absolute atomic E-state index is 0. The van der Waals surface area contributed by atoms with E-state index >= 15 is 0 Å². The molecule has 0 saturated carbocycles. The Labute approximate surface area is 82.0 Å². The monoisotopic (exact) mass is 187 g/mol. The first-order valence-corrected chi connectivity index (χ1v) is 3.46. The van der Waals surface area contributed by atoms with Crippen LogP contribution in [0.3, 0.4) is 0 Å². The Hall–Kier alpha value is -0.196. The van der Waals surface area contributed by atoms with Crippen LogP contribution >= 0.6 is 0 Å². The molecule has 0 N–H and O–H groups in total. The average Bonchev–Trinajstić information content (AvgIpc) is 1.84. The van der Waals surface area contributed by atoms with Gasteiger partial charge in [-0.15, -0.1) is 0 Å². The number of hydrogen-bond acceptors (Lipinski definition) is 0. The van der Waals surface area contributed by atoms with E-state index in [-0.39, 0.29) is 18.6 Å². The van der Waals surface area contributed by atoms with Gasteiger partial charge in [0, 0.05) is 18.6 Å². The maximum Gasteiger partial charge on any atom is 0 e. The molecule has 0 atom stereocenters. The van der Waals surface area contributed by atoms with E-state index < -0.39 is 0 Å². The predicted octanol–water partition coefficient (Wildman–Crippen LogP) is 3.47. The SMILES string of the molecule is C=C(C)/C(C)=C(/C)C(=C)C.[V]. The topological polar surface area (TPSA) is 0 Å². The van der Waals surface area contributed by atoms with Gasteiger partial charge in [-0.05, 0) is 38.8 Å². The summed E-state index contributed by atoms with van der Waals surface area (Å²) in [5, 5.41) is 0. The van der Waals surface area contributed by atoms with Crippen molar-refractivity contribution in [1.82, 2.24) is 0 Å². The largest absolute Gasteiger partial charge is 0.0958 e. The van der Waals surface area contributed by atoms with E-state index in [9.17, 15) is 0 Å². The summed E-state index contributed by atoms with van der Waals surface area (Å²) in [4.78, 5) is 0. The average molecular weight is 187 g/mol. The van der Waals surface area contributed by atoms with E-state index in [1.54, 1.807) is 0 Å². The molecule has 0 nitrogen and oxygen atoms in total. The molecule has 0 aromatic heterocycles. The molecule has 0 unspecified atom stereocenters. The van der Waals surface area contributed by atoms with Crippen molar-refractivity contribution >= 4 is 0 Å². The molecule has 0 aliphatic rings. The van der Waals surface area contributed by atoms with Gasteiger partial charge >= 0.3 is 0 Å². The molecule has 0 aliphatic heterocycles. The van der Waals surface area contributed by atoms with Crippen molar-refractivity contribution < 1.29 is 18.6 Å². The maximum absolute atomic E-state index is 3.86. The molecular formula is C10H16V.